The molecule has 1 aliphatic carbocycles. The van der Waals surface area contributed by atoms with Crippen LogP contribution in [-0.2, 0) is 14.3 Å². The van der Waals surface area contributed by atoms with Crippen molar-refractivity contribution in [3.8, 4) is 0 Å². The second-order valence-corrected chi connectivity index (χ2v) is 5.25. The summed E-state index contributed by atoms with van der Waals surface area (Å²) in [6, 6.07) is 0. The summed E-state index contributed by atoms with van der Waals surface area (Å²) in [5.74, 6) is 0.0392. The van der Waals surface area contributed by atoms with Crippen molar-refractivity contribution in [2.75, 3.05) is 19.8 Å². The Morgan fingerprint density at radius 3 is 2.59 bits per heavy atom. The van der Waals surface area contributed by atoms with Gasteiger partial charge in [0.25, 0.3) is 11.8 Å². The van der Waals surface area contributed by atoms with Gasteiger partial charge in [-0.1, -0.05) is 19.8 Å². The summed E-state index contributed by atoms with van der Waals surface area (Å²) in [4.78, 5) is 25.2. The molecule has 2 fully saturated rings. The Labute approximate surface area is 101 Å². The molecule has 1 saturated heterocycles. The van der Waals surface area contributed by atoms with Crippen molar-refractivity contribution in [1.29, 1.82) is 0 Å². The van der Waals surface area contributed by atoms with E-state index in [0.29, 0.717) is 12.5 Å². The van der Waals surface area contributed by atoms with Crippen LogP contribution in [-0.4, -0.2) is 42.0 Å². The first-order valence-electron chi connectivity index (χ1n) is 6.23. The van der Waals surface area contributed by atoms with Gasteiger partial charge in [0.05, 0.1) is 5.54 Å². The van der Waals surface area contributed by atoms with E-state index < -0.39 is 5.54 Å². The SMILES string of the molecule is CC1CCCC(CN)(N2C(=O)COCC2=O)C1. The Kier molecular flexibility index (Phi) is 3.49. The molecule has 1 saturated carbocycles. The van der Waals surface area contributed by atoms with E-state index in [1.54, 1.807) is 0 Å². The summed E-state index contributed by atoms with van der Waals surface area (Å²) >= 11 is 0. The quantitative estimate of drug-likeness (QED) is 0.704. The molecule has 2 unspecified atom stereocenters. The molecule has 2 aliphatic rings. The van der Waals surface area contributed by atoms with Crippen LogP contribution in [0.1, 0.15) is 32.6 Å². The summed E-state index contributed by atoms with van der Waals surface area (Å²) in [5, 5.41) is 0. The van der Waals surface area contributed by atoms with E-state index in [0.717, 1.165) is 25.7 Å². The first-order chi connectivity index (χ1) is 8.09. The summed E-state index contributed by atoms with van der Waals surface area (Å²) in [5.41, 5.74) is 5.41. The predicted octanol–water partition coefficient (Wildman–Crippen LogP) is 0.279. The number of carbonyl (C=O) groups excluding carboxylic acids is 2. The number of hydrogen-bond donors (Lipinski definition) is 1. The highest BCUT2D eigenvalue weighted by Crippen LogP contribution is 2.37. The van der Waals surface area contributed by atoms with Gasteiger partial charge in [-0.25, -0.2) is 0 Å². The van der Waals surface area contributed by atoms with Gasteiger partial charge < -0.3 is 10.5 Å². The Bertz CT molecular complexity index is 316. The molecule has 1 aliphatic heterocycles. The van der Waals surface area contributed by atoms with Crippen molar-refractivity contribution in [2.45, 2.75) is 38.1 Å². The van der Waals surface area contributed by atoms with Gasteiger partial charge in [-0.15, -0.1) is 0 Å². The molecule has 2 rings (SSSR count). The minimum atomic E-state index is -0.463. The summed E-state index contributed by atoms with van der Waals surface area (Å²) in [6.07, 6.45) is 3.82. The van der Waals surface area contributed by atoms with Crippen molar-refractivity contribution >= 4 is 11.8 Å². The third-order valence-corrected chi connectivity index (χ3v) is 3.87. The fourth-order valence-corrected chi connectivity index (χ4v) is 3.14. The first-order valence-corrected chi connectivity index (χ1v) is 6.23. The second-order valence-electron chi connectivity index (χ2n) is 5.25. The van der Waals surface area contributed by atoms with Crippen molar-refractivity contribution in [2.24, 2.45) is 11.7 Å². The lowest BCUT2D eigenvalue weighted by Crippen LogP contribution is -2.63. The molecule has 1 heterocycles. The maximum Gasteiger partial charge on any atom is 0.255 e. The average molecular weight is 240 g/mol. The van der Waals surface area contributed by atoms with E-state index in [1.807, 2.05) is 0 Å². The van der Waals surface area contributed by atoms with Gasteiger partial charge in [0.1, 0.15) is 13.2 Å². The molecule has 5 nitrogen and oxygen atoms in total. The van der Waals surface area contributed by atoms with Crippen LogP contribution in [0.5, 0.6) is 0 Å². The van der Waals surface area contributed by atoms with Crippen LogP contribution in [0.25, 0.3) is 0 Å². The maximum absolute atomic E-state index is 11.9. The minimum absolute atomic E-state index is 0.00186. The van der Waals surface area contributed by atoms with E-state index in [2.05, 4.69) is 6.92 Å². The molecule has 5 heteroatoms. The Morgan fingerprint density at radius 1 is 1.41 bits per heavy atom. The Hall–Kier alpha value is -0.940. The van der Waals surface area contributed by atoms with Gasteiger partial charge in [0, 0.05) is 6.54 Å². The normalized spacial score (nSPS) is 35.2. The Balaban J connectivity index is 2.26. The van der Waals surface area contributed by atoms with Crippen LogP contribution in [0.3, 0.4) is 0 Å². The highest BCUT2D eigenvalue weighted by molar-refractivity contribution is 5.99. The molecular weight excluding hydrogens is 220 g/mol. The fourth-order valence-electron chi connectivity index (χ4n) is 3.14. The van der Waals surface area contributed by atoms with Gasteiger partial charge in [-0.3, -0.25) is 14.5 Å². The van der Waals surface area contributed by atoms with E-state index in [9.17, 15) is 9.59 Å². The van der Waals surface area contributed by atoms with Crippen molar-refractivity contribution in [3.05, 3.63) is 0 Å². The van der Waals surface area contributed by atoms with Gasteiger partial charge in [-0.2, -0.15) is 0 Å². The third-order valence-electron chi connectivity index (χ3n) is 3.87. The number of rotatable bonds is 2. The third kappa shape index (κ3) is 2.21. The Morgan fingerprint density at radius 2 is 2.06 bits per heavy atom. The number of amides is 2. The topological polar surface area (TPSA) is 72.6 Å². The van der Waals surface area contributed by atoms with E-state index in [-0.39, 0.29) is 25.0 Å². The van der Waals surface area contributed by atoms with E-state index in [4.69, 9.17) is 10.5 Å². The number of nitrogens with zero attached hydrogens (tertiary/aromatic N) is 1. The van der Waals surface area contributed by atoms with Gasteiger partial charge in [0.2, 0.25) is 0 Å². The number of nitrogens with two attached hydrogens (primary N) is 1. The largest absolute Gasteiger partial charge is 0.362 e. The van der Waals surface area contributed by atoms with E-state index in [1.165, 1.54) is 4.90 Å². The molecule has 2 atom stereocenters. The molecule has 0 aromatic heterocycles. The van der Waals surface area contributed by atoms with Gasteiger partial charge in [-0.05, 0) is 18.8 Å². The molecule has 2 N–H and O–H groups in total. The molecule has 0 aromatic rings. The lowest BCUT2D eigenvalue weighted by Gasteiger charge is -2.47. The maximum atomic E-state index is 11.9. The average Bonchev–Trinajstić information content (AvgIpc) is 2.28. The molecule has 0 radical (unpaired) electrons. The fraction of sp³-hybridized carbons (Fsp3) is 0.833. The summed E-state index contributed by atoms with van der Waals surface area (Å²) in [7, 11) is 0. The highest BCUT2D eigenvalue weighted by atomic mass is 16.5. The number of carbonyl (C=O) groups is 2. The lowest BCUT2D eigenvalue weighted by molar-refractivity contribution is -0.168. The number of ether oxygens (including phenoxy) is 1. The zero-order valence-corrected chi connectivity index (χ0v) is 10.3. The molecule has 0 spiro atoms. The molecule has 0 aromatic carbocycles. The minimum Gasteiger partial charge on any atom is -0.362 e. The first kappa shape index (κ1) is 12.5. The molecular formula is C12H20N2O3. The van der Waals surface area contributed by atoms with Crippen LogP contribution in [0.2, 0.25) is 0 Å². The predicted molar refractivity (Wildman–Crippen MR) is 62.1 cm³/mol. The van der Waals surface area contributed by atoms with E-state index >= 15 is 0 Å². The standard InChI is InChI=1S/C12H20N2O3/c1-9-3-2-4-12(5-9,8-13)14-10(15)6-17-7-11(14)16/h9H,2-8,13H2,1H3. The number of imide groups is 1. The van der Waals surface area contributed by atoms with Crippen LogP contribution < -0.4 is 5.73 Å². The van der Waals surface area contributed by atoms with Crippen molar-refractivity contribution in [3.63, 3.8) is 0 Å². The number of hydrogen-bond acceptors (Lipinski definition) is 4. The van der Waals surface area contributed by atoms with Crippen LogP contribution in [0.15, 0.2) is 0 Å². The molecule has 2 amide bonds. The lowest BCUT2D eigenvalue weighted by atomic mass is 9.75. The van der Waals surface area contributed by atoms with Gasteiger partial charge in [0.15, 0.2) is 0 Å². The van der Waals surface area contributed by atoms with Crippen LogP contribution in [0.4, 0.5) is 0 Å². The second kappa shape index (κ2) is 4.74. The van der Waals surface area contributed by atoms with Crippen LogP contribution in [0, 0.1) is 5.92 Å². The monoisotopic (exact) mass is 240 g/mol. The van der Waals surface area contributed by atoms with Crippen molar-refractivity contribution < 1.29 is 14.3 Å². The molecule has 0 bridgehead atoms. The van der Waals surface area contributed by atoms with Crippen molar-refractivity contribution in [1.82, 2.24) is 4.90 Å². The smallest absolute Gasteiger partial charge is 0.255 e. The summed E-state index contributed by atoms with van der Waals surface area (Å²) in [6.45, 7) is 2.51. The summed E-state index contributed by atoms with van der Waals surface area (Å²) < 4.78 is 4.95. The number of morpholine rings is 1. The zero-order chi connectivity index (χ0) is 12.5. The van der Waals surface area contributed by atoms with Crippen LogP contribution >= 0.6 is 0 Å². The zero-order valence-electron chi connectivity index (χ0n) is 10.3. The molecule has 17 heavy (non-hydrogen) atoms. The molecule has 96 valence electrons. The van der Waals surface area contributed by atoms with Gasteiger partial charge >= 0.3 is 0 Å². The highest BCUT2D eigenvalue weighted by Gasteiger charge is 2.46.